The molecule has 0 spiro atoms. The number of ether oxygens (including phenoxy) is 2. The number of aryl methyl sites for hydroxylation is 1. The van der Waals surface area contributed by atoms with Crippen LogP contribution in [0.25, 0.3) is 11.3 Å². The number of halogens is 1. The number of benzene rings is 1. The lowest BCUT2D eigenvalue weighted by atomic mass is 9.92. The van der Waals surface area contributed by atoms with Crippen LogP contribution in [0.2, 0.25) is 0 Å². The van der Waals surface area contributed by atoms with E-state index in [1.54, 1.807) is 53.7 Å². The summed E-state index contributed by atoms with van der Waals surface area (Å²) >= 11 is 0. The van der Waals surface area contributed by atoms with Crippen molar-refractivity contribution in [1.82, 2.24) is 9.97 Å². The number of hydrogen-bond acceptors (Lipinski definition) is 6. The Bertz CT molecular complexity index is 1050. The maximum atomic E-state index is 15.4. The fourth-order valence-electron chi connectivity index (χ4n) is 3.00. The normalized spacial score (nSPS) is 15.8. The van der Waals surface area contributed by atoms with E-state index in [4.69, 9.17) is 9.47 Å². The van der Waals surface area contributed by atoms with E-state index < -0.39 is 23.1 Å². The Kier molecular flexibility index (Phi) is 5.36. The Balaban J connectivity index is 2.09. The highest BCUT2D eigenvalue weighted by Gasteiger charge is 2.44. The van der Waals surface area contributed by atoms with Gasteiger partial charge in [0, 0.05) is 11.8 Å². The largest absolute Gasteiger partial charge is 0.477 e. The molecular weight excluding hydrogens is 389 g/mol. The Morgan fingerprint density at radius 3 is 2.57 bits per heavy atom. The molecule has 158 valence electrons. The van der Waals surface area contributed by atoms with Crippen molar-refractivity contribution in [3.8, 4) is 0 Å². The second-order valence-electron chi connectivity index (χ2n) is 8.43. The van der Waals surface area contributed by atoms with E-state index in [2.05, 4.69) is 15.3 Å². The summed E-state index contributed by atoms with van der Waals surface area (Å²) in [5.41, 5.74) is -1.59. The number of Topliss-reactive ketones (excluding diaryl/α,β-unsaturated/α-hetero) is 1. The van der Waals surface area contributed by atoms with Crippen LogP contribution >= 0.6 is 0 Å². The second kappa shape index (κ2) is 7.51. The summed E-state index contributed by atoms with van der Waals surface area (Å²) in [4.78, 5) is 33.5. The van der Waals surface area contributed by atoms with Crippen molar-refractivity contribution in [2.45, 2.75) is 52.7 Å². The summed E-state index contributed by atoms with van der Waals surface area (Å²) in [6.07, 6.45) is 0.742. The highest BCUT2D eigenvalue weighted by Crippen LogP contribution is 2.42. The third-order valence-corrected chi connectivity index (χ3v) is 4.27. The summed E-state index contributed by atoms with van der Waals surface area (Å²) in [5.74, 6) is -0.497. The molecule has 30 heavy (non-hydrogen) atoms. The van der Waals surface area contributed by atoms with Gasteiger partial charge in [-0.05, 0) is 53.7 Å². The molecule has 0 unspecified atom stereocenters. The van der Waals surface area contributed by atoms with E-state index in [0.717, 1.165) is 0 Å². The maximum absolute atomic E-state index is 15.4. The zero-order chi connectivity index (χ0) is 22.3. The molecule has 0 bridgehead atoms. The van der Waals surface area contributed by atoms with E-state index in [1.165, 1.54) is 18.3 Å². The average molecular weight is 413 g/mol. The van der Waals surface area contributed by atoms with E-state index >= 15 is 4.39 Å². The van der Waals surface area contributed by atoms with Gasteiger partial charge in [-0.15, -0.1) is 0 Å². The maximum Gasteiger partial charge on any atom is 0.412 e. The minimum atomic E-state index is -1.19. The van der Waals surface area contributed by atoms with Crippen molar-refractivity contribution in [1.29, 1.82) is 0 Å². The van der Waals surface area contributed by atoms with Crippen molar-refractivity contribution < 1.29 is 23.5 Å². The van der Waals surface area contributed by atoms with Crippen LogP contribution < -0.4 is 5.32 Å². The number of ketones is 1. The van der Waals surface area contributed by atoms with E-state index in [1.807, 2.05) is 0 Å². The number of nitrogens with one attached hydrogen (secondary N) is 1. The predicted molar refractivity (Wildman–Crippen MR) is 110 cm³/mol. The number of nitrogens with zero attached hydrogens (tertiary/aromatic N) is 2. The van der Waals surface area contributed by atoms with Gasteiger partial charge in [0.15, 0.2) is 17.2 Å². The number of amides is 1. The quantitative estimate of drug-likeness (QED) is 0.796. The minimum absolute atomic E-state index is 0.00500. The summed E-state index contributed by atoms with van der Waals surface area (Å²) in [7, 11) is 0. The fourth-order valence-corrected chi connectivity index (χ4v) is 3.00. The van der Waals surface area contributed by atoms with Gasteiger partial charge < -0.3 is 9.47 Å². The van der Waals surface area contributed by atoms with Crippen LogP contribution in [0.1, 0.15) is 51.7 Å². The van der Waals surface area contributed by atoms with Gasteiger partial charge in [0.25, 0.3) is 0 Å². The standard InChI is InChI=1S/C22H24FN3O4/c1-12-24-11-10-15(25-12)18-16(19(27)22(5,6)29-18)13-8-7-9-14(17(13)23)26-20(28)30-21(2,3)4/h7-11H,1-6H3,(H,26,28). The molecule has 1 aromatic heterocycles. The van der Waals surface area contributed by atoms with Crippen LogP contribution in [-0.2, 0) is 14.3 Å². The van der Waals surface area contributed by atoms with Crippen LogP contribution in [0.4, 0.5) is 14.9 Å². The molecule has 0 saturated heterocycles. The Morgan fingerprint density at radius 2 is 1.93 bits per heavy atom. The molecule has 0 aliphatic carbocycles. The zero-order valence-corrected chi connectivity index (χ0v) is 17.8. The van der Waals surface area contributed by atoms with Gasteiger partial charge in [-0.2, -0.15) is 0 Å². The van der Waals surface area contributed by atoms with Gasteiger partial charge in [-0.1, -0.05) is 12.1 Å². The average Bonchev–Trinajstić information content (AvgIpc) is 2.85. The SMILES string of the molecule is Cc1nccc(C2=C(c3cccc(NC(=O)OC(C)(C)C)c3F)C(=O)C(C)(C)O2)n1. The number of anilines is 1. The lowest BCUT2D eigenvalue weighted by Crippen LogP contribution is -2.29. The summed E-state index contributed by atoms with van der Waals surface area (Å²) in [5, 5.41) is 2.39. The first kappa shape index (κ1) is 21.4. The number of carbonyl (C=O) groups excluding carboxylic acids is 2. The van der Waals surface area contributed by atoms with Crippen molar-refractivity contribution in [3.05, 3.63) is 53.4 Å². The van der Waals surface area contributed by atoms with Crippen LogP contribution in [0.15, 0.2) is 30.5 Å². The Hall–Kier alpha value is -3.29. The molecule has 3 rings (SSSR count). The third-order valence-electron chi connectivity index (χ3n) is 4.27. The van der Waals surface area contributed by atoms with E-state index in [9.17, 15) is 9.59 Å². The molecule has 1 aromatic carbocycles. The molecular formula is C22H24FN3O4. The van der Waals surface area contributed by atoms with Gasteiger partial charge in [0.1, 0.15) is 17.1 Å². The lowest BCUT2D eigenvalue weighted by molar-refractivity contribution is -0.125. The highest BCUT2D eigenvalue weighted by molar-refractivity contribution is 6.32. The molecule has 1 aliphatic rings. The molecule has 1 N–H and O–H groups in total. The Labute approximate surface area is 174 Å². The van der Waals surface area contributed by atoms with Crippen LogP contribution in [0, 0.1) is 12.7 Å². The first-order chi connectivity index (χ1) is 13.9. The molecule has 0 saturated carbocycles. The molecule has 7 nitrogen and oxygen atoms in total. The van der Waals surface area contributed by atoms with Crippen molar-refractivity contribution in [2.75, 3.05) is 5.32 Å². The van der Waals surface area contributed by atoms with Crippen molar-refractivity contribution >= 4 is 28.9 Å². The van der Waals surface area contributed by atoms with Gasteiger partial charge in [0.2, 0.25) is 5.78 Å². The van der Waals surface area contributed by atoms with Crippen LogP contribution in [0.5, 0.6) is 0 Å². The molecule has 0 radical (unpaired) electrons. The van der Waals surface area contributed by atoms with Gasteiger partial charge in [-0.3, -0.25) is 10.1 Å². The number of aromatic nitrogens is 2. The highest BCUT2D eigenvalue weighted by atomic mass is 19.1. The third kappa shape index (κ3) is 4.32. The fraction of sp³-hybridized carbons (Fsp3) is 0.364. The van der Waals surface area contributed by atoms with Crippen LogP contribution in [0.3, 0.4) is 0 Å². The summed E-state index contributed by atoms with van der Waals surface area (Å²) in [6.45, 7) is 10.0. The summed E-state index contributed by atoms with van der Waals surface area (Å²) < 4.78 is 26.4. The van der Waals surface area contributed by atoms with E-state index in [0.29, 0.717) is 11.5 Å². The number of rotatable bonds is 3. The van der Waals surface area contributed by atoms with E-state index in [-0.39, 0.29) is 28.4 Å². The molecule has 1 aliphatic heterocycles. The first-order valence-corrected chi connectivity index (χ1v) is 9.46. The number of carbonyl (C=O) groups is 2. The second-order valence-corrected chi connectivity index (χ2v) is 8.43. The predicted octanol–water partition coefficient (Wildman–Crippen LogP) is 4.52. The Morgan fingerprint density at radius 1 is 1.23 bits per heavy atom. The van der Waals surface area contributed by atoms with Gasteiger partial charge >= 0.3 is 6.09 Å². The number of hydrogen-bond donors (Lipinski definition) is 1. The molecule has 2 heterocycles. The monoisotopic (exact) mass is 413 g/mol. The molecule has 0 atom stereocenters. The lowest BCUT2D eigenvalue weighted by Gasteiger charge is -2.20. The zero-order valence-electron chi connectivity index (χ0n) is 17.8. The van der Waals surface area contributed by atoms with Crippen molar-refractivity contribution in [2.24, 2.45) is 0 Å². The van der Waals surface area contributed by atoms with Gasteiger partial charge in [-0.25, -0.2) is 19.2 Å². The first-order valence-electron chi connectivity index (χ1n) is 9.46. The molecule has 8 heteroatoms. The molecule has 0 fully saturated rings. The molecule has 1 amide bonds. The molecule has 2 aromatic rings. The van der Waals surface area contributed by atoms with Crippen molar-refractivity contribution in [3.63, 3.8) is 0 Å². The topological polar surface area (TPSA) is 90.4 Å². The summed E-state index contributed by atoms with van der Waals surface area (Å²) in [6, 6.07) is 5.99. The van der Waals surface area contributed by atoms with Crippen LogP contribution in [-0.4, -0.2) is 33.0 Å². The minimum Gasteiger partial charge on any atom is -0.477 e. The van der Waals surface area contributed by atoms with Gasteiger partial charge in [0.05, 0.1) is 11.3 Å². The smallest absolute Gasteiger partial charge is 0.412 e.